The van der Waals surface area contributed by atoms with Crippen molar-refractivity contribution in [2.75, 3.05) is 5.32 Å². The number of rotatable bonds is 2. The van der Waals surface area contributed by atoms with Crippen LogP contribution in [0, 0.1) is 0 Å². The van der Waals surface area contributed by atoms with Crippen molar-refractivity contribution in [3.8, 4) is 0 Å². The van der Waals surface area contributed by atoms with E-state index in [1.807, 2.05) is 27.7 Å². The molecule has 21 heavy (non-hydrogen) atoms. The first-order valence-corrected chi connectivity index (χ1v) is 8.47. The molecule has 0 atom stereocenters. The smallest absolute Gasteiger partial charge is 0.0342 e. The molecule has 122 valence electrons. The van der Waals surface area contributed by atoms with Crippen molar-refractivity contribution in [1.82, 2.24) is 5.32 Å². The molecule has 0 saturated carbocycles. The highest BCUT2D eigenvalue weighted by atomic mass is 15.1. The molecule has 0 unspecified atom stereocenters. The van der Waals surface area contributed by atoms with Gasteiger partial charge in [0.2, 0.25) is 0 Å². The maximum Gasteiger partial charge on any atom is 0.0342 e. The highest BCUT2D eigenvalue weighted by Gasteiger charge is 2.37. The largest absolute Gasteiger partial charge is 0.382 e. The summed E-state index contributed by atoms with van der Waals surface area (Å²) < 4.78 is 0. The average molecular weight is 293 g/mol. The van der Waals surface area contributed by atoms with Gasteiger partial charge in [-0.15, -0.1) is 0 Å². The lowest BCUT2D eigenvalue weighted by atomic mass is 9.79. The summed E-state index contributed by atoms with van der Waals surface area (Å²) in [6.07, 6.45) is 2.32. The van der Waals surface area contributed by atoms with Gasteiger partial charge in [-0.25, -0.2) is 0 Å². The standard InChI is InChI=1S/C15H24N2.2C2H6/c1-14(2)10-13(11-15(3,4)17-14)16-12-8-6-5-7-9-12;2*1-2/h5-9,13,16-17H,10-11H2,1-4H3;2*1-2H3. The molecule has 1 fully saturated rings. The Morgan fingerprint density at radius 1 is 0.857 bits per heavy atom. The van der Waals surface area contributed by atoms with Crippen LogP contribution in [0.15, 0.2) is 30.3 Å². The zero-order chi connectivity index (χ0) is 16.5. The second-order valence-corrected chi connectivity index (χ2v) is 6.51. The average Bonchev–Trinajstić information content (AvgIpc) is 2.41. The lowest BCUT2D eigenvalue weighted by Gasteiger charge is -2.47. The first kappa shape index (κ1) is 20.0. The summed E-state index contributed by atoms with van der Waals surface area (Å²) in [6.45, 7) is 17.1. The Balaban J connectivity index is 0.000000921. The van der Waals surface area contributed by atoms with Crippen LogP contribution in [-0.4, -0.2) is 17.1 Å². The Hall–Kier alpha value is -1.02. The third-order valence-corrected chi connectivity index (χ3v) is 3.33. The van der Waals surface area contributed by atoms with Crippen LogP contribution in [0.25, 0.3) is 0 Å². The second kappa shape index (κ2) is 9.09. The van der Waals surface area contributed by atoms with Crippen LogP contribution in [0.1, 0.15) is 68.2 Å². The molecule has 1 aromatic carbocycles. The molecule has 0 radical (unpaired) electrons. The van der Waals surface area contributed by atoms with Crippen molar-refractivity contribution in [3.05, 3.63) is 30.3 Å². The van der Waals surface area contributed by atoms with Crippen molar-refractivity contribution >= 4 is 5.69 Å². The highest BCUT2D eigenvalue weighted by Crippen LogP contribution is 2.30. The van der Waals surface area contributed by atoms with Crippen LogP contribution in [-0.2, 0) is 0 Å². The van der Waals surface area contributed by atoms with Crippen LogP contribution in [0.5, 0.6) is 0 Å². The fourth-order valence-electron chi connectivity index (χ4n) is 3.19. The minimum Gasteiger partial charge on any atom is -0.382 e. The molecule has 2 rings (SSSR count). The molecular formula is C19H36N2. The van der Waals surface area contributed by atoms with Crippen molar-refractivity contribution in [1.29, 1.82) is 0 Å². The van der Waals surface area contributed by atoms with Crippen LogP contribution in [0.2, 0.25) is 0 Å². The summed E-state index contributed by atoms with van der Waals surface area (Å²) in [4.78, 5) is 0. The van der Waals surface area contributed by atoms with Crippen LogP contribution < -0.4 is 10.6 Å². The molecule has 1 heterocycles. The van der Waals surface area contributed by atoms with Gasteiger partial charge in [0, 0.05) is 22.8 Å². The minimum atomic E-state index is 0.203. The Morgan fingerprint density at radius 2 is 1.29 bits per heavy atom. The van der Waals surface area contributed by atoms with Crippen molar-refractivity contribution in [2.24, 2.45) is 0 Å². The molecular weight excluding hydrogens is 256 g/mol. The molecule has 2 N–H and O–H groups in total. The van der Waals surface area contributed by atoms with E-state index in [1.54, 1.807) is 0 Å². The molecule has 2 nitrogen and oxygen atoms in total. The van der Waals surface area contributed by atoms with Crippen molar-refractivity contribution in [3.63, 3.8) is 0 Å². The Kier molecular flexibility index (Phi) is 8.65. The molecule has 0 bridgehead atoms. The predicted molar refractivity (Wildman–Crippen MR) is 97.1 cm³/mol. The number of nitrogens with one attached hydrogen (secondary N) is 2. The number of anilines is 1. The number of para-hydroxylation sites is 1. The maximum absolute atomic E-state index is 3.71. The Morgan fingerprint density at radius 3 is 1.71 bits per heavy atom. The summed E-state index contributed by atoms with van der Waals surface area (Å²) >= 11 is 0. The topological polar surface area (TPSA) is 24.1 Å². The SMILES string of the molecule is CC.CC.CC1(C)CC(Nc2ccccc2)CC(C)(C)N1. The van der Waals surface area contributed by atoms with Gasteiger partial charge in [0.15, 0.2) is 0 Å². The molecule has 1 saturated heterocycles. The Labute approximate surface area is 132 Å². The van der Waals surface area contributed by atoms with E-state index >= 15 is 0 Å². The van der Waals surface area contributed by atoms with E-state index in [9.17, 15) is 0 Å². The van der Waals surface area contributed by atoms with Gasteiger partial charge in [0.25, 0.3) is 0 Å². The van der Waals surface area contributed by atoms with E-state index in [4.69, 9.17) is 0 Å². The normalized spacial score (nSPS) is 19.4. The van der Waals surface area contributed by atoms with E-state index in [0.717, 1.165) is 12.8 Å². The van der Waals surface area contributed by atoms with Gasteiger partial charge in [-0.05, 0) is 52.7 Å². The molecule has 1 aliphatic rings. The third-order valence-electron chi connectivity index (χ3n) is 3.33. The quantitative estimate of drug-likeness (QED) is 0.756. The zero-order valence-corrected chi connectivity index (χ0v) is 15.4. The van der Waals surface area contributed by atoms with Gasteiger partial charge in [-0.3, -0.25) is 0 Å². The second-order valence-electron chi connectivity index (χ2n) is 6.51. The maximum atomic E-state index is 3.71. The van der Waals surface area contributed by atoms with E-state index in [0.29, 0.717) is 6.04 Å². The number of hydrogen-bond donors (Lipinski definition) is 2. The lowest BCUT2D eigenvalue weighted by molar-refractivity contribution is 0.170. The van der Waals surface area contributed by atoms with Crippen LogP contribution in [0.4, 0.5) is 5.69 Å². The summed E-state index contributed by atoms with van der Waals surface area (Å²) in [5, 5.41) is 7.36. The molecule has 2 heteroatoms. The van der Waals surface area contributed by atoms with Crippen molar-refractivity contribution < 1.29 is 0 Å². The Bertz CT molecular complexity index is 352. The van der Waals surface area contributed by atoms with E-state index in [-0.39, 0.29) is 11.1 Å². The summed E-state index contributed by atoms with van der Waals surface area (Å²) in [5.41, 5.74) is 1.63. The van der Waals surface area contributed by atoms with Gasteiger partial charge in [-0.2, -0.15) is 0 Å². The third kappa shape index (κ3) is 7.52. The molecule has 0 spiro atoms. The fraction of sp³-hybridized carbons (Fsp3) is 0.684. The van der Waals surface area contributed by atoms with Crippen LogP contribution >= 0.6 is 0 Å². The van der Waals surface area contributed by atoms with Gasteiger partial charge < -0.3 is 10.6 Å². The monoisotopic (exact) mass is 292 g/mol. The fourth-order valence-corrected chi connectivity index (χ4v) is 3.19. The lowest BCUT2D eigenvalue weighted by Crippen LogP contribution is -2.60. The van der Waals surface area contributed by atoms with Gasteiger partial charge in [0.1, 0.15) is 0 Å². The first-order valence-electron chi connectivity index (χ1n) is 8.47. The van der Waals surface area contributed by atoms with Crippen LogP contribution in [0.3, 0.4) is 0 Å². The predicted octanol–water partition coefficient (Wildman–Crippen LogP) is 5.46. The van der Waals surface area contributed by atoms with E-state index < -0.39 is 0 Å². The summed E-state index contributed by atoms with van der Waals surface area (Å²) in [7, 11) is 0. The minimum absolute atomic E-state index is 0.203. The van der Waals surface area contributed by atoms with E-state index in [2.05, 4.69) is 68.7 Å². The molecule has 1 aliphatic heterocycles. The number of hydrogen-bond acceptors (Lipinski definition) is 2. The van der Waals surface area contributed by atoms with Gasteiger partial charge in [-0.1, -0.05) is 45.9 Å². The molecule has 0 aromatic heterocycles. The molecule has 1 aromatic rings. The molecule has 0 aliphatic carbocycles. The first-order chi connectivity index (χ1) is 9.86. The van der Waals surface area contributed by atoms with Gasteiger partial charge in [0.05, 0.1) is 0 Å². The number of piperidine rings is 1. The van der Waals surface area contributed by atoms with Gasteiger partial charge >= 0.3 is 0 Å². The summed E-state index contributed by atoms with van der Waals surface area (Å²) in [6, 6.07) is 11.0. The van der Waals surface area contributed by atoms with E-state index in [1.165, 1.54) is 5.69 Å². The summed E-state index contributed by atoms with van der Waals surface area (Å²) in [5.74, 6) is 0. The highest BCUT2D eigenvalue weighted by molar-refractivity contribution is 5.43. The number of benzene rings is 1. The van der Waals surface area contributed by atoms with Crippen molar-refractivity contribution in [2.45, 2.75) is 85.4 Å². The molecule has 0 amide bonds. The zero-order valence-electron chi connectivity index (χ0n) is 15.4.